The average molecular weight is 236 g/mol. The molecule has 0 saturated carbocycles. The van der Waals surface area contributed by atoms with Crippen LogP contribution in [0.3, 0.4) is 0 Å². The average Bonchev–Trinajstić information content (AvgIpc) is 2.20. The number of urea groups is 1. The van der Waals surface area contributed by atoms with Gasteiger partial charge in [-0.2, -0.15) is 0 Å². The molecule has 0 spiro atoms. The van der Waals surface area contributed by atoms with Gasteiger partial charge < -0.3 is 15.3 Å². The number of aryl methyl sites for hydroxylation is 2. The summed E-state index contributed by atoms with van der Waals surface area (Å²) in [5, 5.41) is 11.7. The number of nitrogens with one attached hydrogen (secondary N) is 1. The Labute approximate surface area is 100 Å². The summed E-state index contributed by atoms with van der Waals surface area (Å²) in [6, 6.07) is 3.03. The number of nitrogens with zero attached hydrogens (tertiary/aromatic N) is 1. The van der Waals surface area contributed by atoms with E-state index in [0.29, 0.717) is 5.69 Å². The fourth-order valence-electron chi connectivity index (χ4n) is 1.52. The van der Waals surface area contributed by atoms with Gasteiger partial charge in [0, 0.05) is 14.1 Å². The number of hydrogen-bond donors (Lipinski definition) is 2. The van der Waals surface area contributed by atoms with Crippen molar-refractivity contribution >= 4 is 17.7 Å². The first kappa shape index (κ1) is 13.0. The number of hydrogen-bond acceptors (Lipinski definition) is 2. The van der Waals surface area contributed by atoms with Gasteiger partial charge in [-0.25, -0.2) is 9.59 Å². The molecule has 0 saturated heterocycles. The Bertz CT molecular complexity index is 467. The first-order valence-electron chi connectivity index (χ1n) is 5.15. The third kappa shape index (κ3) is 2.96. The van der Waals surface area contributed by atoms with Gasteiger partial charge in [-0.1, -0.05) is 6.07 Å². The first-order valence-corrected chi connectivity index (χ1v) is 5.15. The van der Waals surface area contributed by atoms with Gasteiger partial charge in [0.05, 0.1) is 11.3 Å². The summed E-state index contributed by atoms with van der Waals surface area (Å²) in [5.74, 6) is -1.05. The van der Waals surface area contributed by atoms with Crippen molar-refractivity contribution in [1.82, 2.24) is 4.90 Å². The van der Waals surface area contributed by atoms with Crippen LogP contribution in [0.1, 0.15) is 21.5 Å². The normalized spacial score (nSPS) is 9.88. The SMILES string of the molecule is Cc1cc(C)c(NC(=O)N(C)C)c(C(=O)O)c1. The lowest BCUT2D eigenvalue weighted by molar-refractivity contribution is 0.0698. The van der Waals surface area contributed by atoms with E-state index in [2.05, 4.69) is 5.32 Å². The lowest BCUT2D eigenvalue weighted by atomic mass is 10.0. The number of benzene rings is 1. The maximum Gasteiger partial charge on any atom is 0.337 e. The van der Waals surface area contributed by atoms with Crippen LogP contribution < -0.4 is 5.32 Å². The second-order valence-electron chi connectivity index (χ2n) is 4.13. The molecule has 1 aromatic carbocycles. The minimum Gasteiger partial charge on any atom is -0.478 e. The van der Waals surface area contributed by atoms with E-state index in [1.165, 1.54) is 4.90 Å². The highest BCUT2D eigenvalue weighted by atomic mass is 16.4. The Kier molecular flexibility index (Phi) is 3.73. The van der Waals surface area contributed by atoms with Crippen molar-refractivity contribution in [3.05, 3.63) is 28.8 Å². The Morgan fingerprint density at radius 1 is 1.24 bits per heavy atom. The number of aromatic carboxylic acids is 1. The summed E-state index contributed by atoms with van der Waals surface area (Å²) in [6.45, 7) is 3.59. The fourth-order valence-corrected chi connectivity index (χ4v) is 1.52. The van der Waals surface area contributed by atoms with Crippen molar-refractivity contribution < 1.29 is 14.7 Å². The van der Waals surface area contributed by atoms with E-state index >= 15 is 0 Å². The molecule has 0 aliphatic carbocycles. The molecule has 0 radical (unpaired) electrons. The number of amides is 2. The number of rotatable bonds is 2. The summed E-state index contributed by atoms with van der Waals surface area (Å²) in [5.41, 5.74) is 2.04. The number of carbonyl (C=O) groups excluding carboxylic acids is 1. The smallest absolute Gasteiger partial charge is 0.337 e. The van der Waals surface area contributed by atoms with Crippen LogP contribution in [0.2, 0.25) is 0 Å². The van der Waals surface area contributed by atoms with Gasteiger partial charge in [0.25, 0.3) is 0 Å². The molecule has 5 heteroatoms. The molecule has 0 aliphatic heterocycles. The fraction of sp³-hybridized carbons (Fsp3) is 0.333. The van der Waals surface area contributed by atoms with Crippen LogP contribution in [-0.4, -0.2) is 36.1 Å². The molecule has 1 aromatic rings. The third-order valence-corrected chi connectivity index (χ3v) is 2.35. The standard InChI is InChI=1S/C12H16N2O3/c1-7-5-8(2)10(9(6-7)11(15)16)13-12(17)14(3)4/h5-6H,1-4H3,(H,13,17)(H,15,16). The van der Waals surface area contributed by atoms with Crippen molar-refractivity contribution in [1.29, 1.82) is 0 Å². The Morgan fingerprint density at radius 2 is 1.82 bits per heavy atom. The molecule has 0 bridgehead atoms. The molecule has 2 N–H and O–H groups in total. The number of anilines is 1. The predicted octanol–water partition coefficient (Wildman–Crippen LogP) is 2.10. The summed E-state index contributed by atoms with van der Waals surface area (Å²) in [6.07, 6.45) is 0. The maximum absolute atomic E-state index is 11.5. The van der Waals surface area contributed by atoms with E-state index < -0.39 is 5.97 Å². The number of carbonyl (C=O) groups is 2. The van der Waals surface area contributed by atoms with Crippen LogP contribution in [0.4, 0.5) is 10.5 Å². The van der Waals surface area contributed by atoms with Crippen LogP contribution in [0, 0.1) is 13.8 Å². The Morgan fingerprint density at radius 3 is 2.29 bits per heavy atom. The van der Waals surface area contributed by atoms with Gasteiger partial charge in [0.1, 0.15) is 0 Å². The third-order valence-electron chi connectivity index (χ3n) is 2.35. The maximum atomic E-state index is 11.5. The van der Waals surface area contributed by atoms with Crippen molar-refractivity contribution in [3.63, 3.8) is 0 Å². The van der Waals surface area contributed by atoms with Crippen molar-refractivity contribution in [2.75, 3.05) is 19.4 Å². The zero-order chi connectivity index (χ0) is 13.2. The minimum atomic E-state index is -1.05. The zero-order valence-electron chi connectivity index (χ0n) is 10.4. The van der Waals surface area contributed by atoms with Gasteiger partial charge in [0.2, 0.25) is 0 Å². The van der Waals surface area contributed by atoms with Gasteiger partial charge in [-0.15, -0.1) is 0 Å². The molecule has 1 rings (SSSR count). The monoisotopic (exact) mass is 236 g/mol. The Balaban J connectivity index is 3.22. The molecule has 0 aromatic heterocycles. The zero-order valence-corrected chi connectivity index (χ0v) is 10.4. The van der Waals surface area contributed by atoms with Gasteiger partial charge in [0.15, 0.2) is 0 Å². The minimum absolute atomic E-state index is 0.109. The molecular formula is C12H16N2O3. The quantitative estimate of drug-likeness (QED) is 0.826. The van der Waals surface area contributed by atoms with E-state index in [1.54, 1.807) is 27.1 Å². The van der Waals surface area contributed by atoms with Crippen molar-refractivity contribution in [2.45, 2.75) is 13.8 Å². The molecular weight excluding hydrogens is 220 g/mol. The van der Waals surface area contributed by atoms with E-state index in [-0.39, 0.29) is 11.6 Å². The van der Waals surface area contributed by atoms with E-state index in [9.17, 15) is 9.59 Å². The molecule has 17 heavy (non-hydrogen) atoms. The molecule has 0 unspecified atom stereocenters. The summed E-state index contributed by atoms with van der Waals surface area (Å²) in [4.78, 5) is 24.0. The second kappa shape index (κ2) is 4.86. The molecule has 0 heterocycles. The molecule has 0 fully saturated rings. The molecule has 2 amide bonds. The molecule has 92 valence electrons. The van der Waals surface area contributed by atoms with Gasteiger partial charge >= 0.3 is 12.0 Å². The summed E-state index contributed by atoms with van der Waals surface area (Å²) in [7, 11) is 3.19. The Hall–Kier alpha value is -2.04. The highest BCUT2D eigenvalue weighted by Gasteiger charge is 2.16. The van der Waals surface area contributed by atoms with Gasteiger partial charge in [-0.3, -0.25) is 0 Å². The van der Waals surface area contributed by atoms with E-state index in [1.807, 2.05) is 13.0 Å². The van der Waals surface area contributed by atoms with Crippen molar-refractivity contribution in [3.8, 4) is 0 Å². The second-order valence-corrected chi connectivity index (χ2v) is 4.13. The van der Waals surface area contributed by atoms with Crippen LogP contribution in [-0.2, 0) is 0 Å². The number of carboxylic acids is 1. The van der Waals surface area contributed by atoms with Crippen LogP contribution >= 0.6 is 0 Å². The van der Waals surface area contributed by atoms with Crippen molar-refractivity contribution in [2.24, 2.45) is 0 Å². The molecule has 5 nitrogen and oxygen atoms in total. The van der Waals surface area contributed by atoms with Crippen LogP contribution in [0.25, 0.3) is 0 Å². The molecule has 0 atom stereocenters. The van der Waals surface area contributed by atoms with Gasteiger partial charge in [-0.05, 0) is 31.0 Å². The predicted molar refractivity (Wildman–Crippen MR) is 65.6 cm³/mol. The lowest BCUT2D eigenvalue weighted by Crippen LogP contribution is -2.28. The van der Waals surface area contributed by atoms with Crippen LogP contribution in [0.15, 0.2) is 12.1 Å². The topological polar surface area (TPSA) is 69.6 Å². The first-order chi connectivity index (χ1) is 7.82. The largest absolute Gasteiger partial charge is 0.478 e. The van der Waals surface area contributed by atoms with E-state index in [4.69, 9.17) is 5.11 Å². The lowest BCUT2D eigenvalue weighted by Gasteiger charge is -2.16. The summed E-state index contributed by atoms with van der Waals surface area (Å²) >= 11 is 0. The van der Waals surface area contributed by atoms with E-state index in [0.717, 1.165) is 11.1 Å². The number of carboxylic acid groups (broad SMARTS) is 1. The van der Waals surface area contributed by atoms with Crippen LogP contribution in [0.5, 0.6) is 0 Å². The molecule has 0 aliphatic rings. The highest BCUT2D eigenvalue weighted by molar-refractivity contribution is 6.01. The highest BCUT2D eigenvalue weighted by Crippen LogP contribution is 2.23. The summed E-state index contributed by atoms with van der Waals surface area (Å²) < 4.78 is 0.